The van der Waals surface area contributed by atoms with Crippen LogP contribution in [0.2, 0.25) is 0 Å². The molecule has 2 fully saturated rings. The highest BCUT2D eigenvalue weighted by Crippen LogP contribution is 2.38. The third kappa shape index (κ3) is 5.34. The van der Waals surface area contributed by atoms with Crippen LogP contribution in [-0.4, -0.2) is 81.9 Å². The highest BCUT2D eigenvalue weighted by molar-refractivity contribution is 6.03. The molecular weight excluding hydrogens is 551 g/mol. The molecule has 2 atom stereocenters. The van der Waals surface area contributed by atoms with E-state index in [1.807, 2.05) is 12.1 Å². The highest BCUT2D eigenvalue weighted by Gasteiger charge is 2.36. The molecule has 42 heavy (non-hydrogen) atoms. The second-order valence-electron chi connectivity index (χ2n) is 10.3. The molecule has 2 saturated heterocycles. The van der Waals surface area contributed by atoms with Gasteiger partial charge in [-0.05, 0) is 54.6 Å². The molecule has 4 heterocycles. The number of hydrogen-bond donors (Lipinski definition) is 2. The summed E-state index contributed by atoms with van der Waals surface area (Å²) < 4.78 is 44.4. The molecule has 0 aliphatic carbocycles. The second-order valence-corrected chi connectivity index (χ2v) is 10.3. The van der Waals surface area contributed by atoms with Crippen LogP contribution in [0.5, 0.6) is 0 Å². The monoisotopic (exact) mass is 579 g/mol. The van der Waals surface area contributed by atoms with E-state index >= 15 is 0 Å². The summed E-state index contributed by atoms with van der Waals surface area (Å²) in [6, 6.07) is 12.9. The number of nitrogens with zero attached hydrogens (tertiary/aromatic N) is 6. The average Bonchev–Trinajstić information content (AvgIpc) is 3.61. The zero-order valence-corrected chi connectivity index (χ0v) is 22.5. The lowest BCUT2D eigenvalue weighted by Gasteiger charge is -2.35. The van der Waals surface area contributed by atoms with E-state index in [1.54, 1.807) is 34.1 Å². The molecule has 6 rings (SSSR count). The number of carbonyl (C=O) groups is 2. The number of aliphatic hydroxyl groups is 1. The number of aromatic nitrogens is 3. The fourth-order valence-corrected chi connectivity index (χ4v) is 5.54. The fraction of sp³-hybridized carbons (Fsp3) is 0.310. The Morgan fingerprint density at radius 2 is 1.76 bits per heavy atom. The predicted octanol–water partition coefficient (Wildman–Crippen LogP) is 3.19. The van der Waals surface area contributed by atoms with Crippen molar-refractivity contribution in [2.75, 3.05) is 54.4 Å². The molecule has 10 nitrogen and oxygen atoms in total. The number of rotatable bonds is 6. The third-order valence-corrected chi connectivity index (χ3v) is 7.70. The van der Waals surface area contributed by atoms with Gasteiger partial charge in [0.05, 0.1) is 18.8 Å². The first-order valence-corrected chi connectivity index (χ1v) is 13.6. The zero-order valence-electron chi connectivity index (χ0n) is 22.5. The lowest BCUT2D eigenvalue weighted by atomic mass is 10.0. The number of hydrogen-bond acceptors (Lipinski definition) is 7. The minimum atomic E-state index is -1.27. The Bertz CT molecular complexity index is 1620. The molecule has 4 aromatic rings. The smallest absolute Gasteiger partial charge is 0.276 e. The Morgan fingerprint density at radius 1 is 1.00 bits per heavy atom. The number of fused-ring (bicyclic) bond motifs is 1. The third-order valence-electron chi connectivity index (χ3n) is 7.70. The Hall–Kier alpha value is -4.65. The number of carbonyl (C=O) groups excluding carboxylic acids is 2. The summed E-state index contributed by atoms with van der Waals surface area (Å²) in [5.41, 5.74) is 2.06. The predicted molar refractivity (Wildman–Crippen MR) is 149 cm³/mol. The molecule has 2 N–H and O–H groups in total. The fourth-order valence-electron chi connectivity index (χ4n) is 5.54. The van der Waals surface area contributed by atoms with Crippen LogP contribution in [0, 0.1) is 11.6 Å². The Labute approximate surface area is 239 Å². The van der Waals surface area contributed by atoms with Crippen molar-refractivity contribution in [3.63, 3.8) is 0 Å². The number of piperazine rings is 1. The van der Waals surface area contributed by atoms with Crippen molar-refractivity contribution in [3.8, 4) is 0 Å². The van der Waals surface area contributed by atoms with Crippen molar-refractivity contribution in [3.05, 3.63) is 83.7 Å². The van der Waals surface area contributed by atoms with Crippen molar-refractivity contribution in [1.82, 2.24) is 19.5 Å². The van der Waals surface area contributed by atoms with Crippen molar-refractivity contribution in [1.29, 1.82) is 0 Å². The number of imidazole rings is 1. The summed E-state index contributed by atoms with van der Waals surface area (Å²) in [6.07, 6.45) is 0.0916. The normalized spacial score (nSPS) is 19.0. The van der Waals surface area contributed by atoms with Gasteiger partial charge in [0.2, 0.25) is 5.91 Å². The topological polar surface area (TPSA) is 106 Å². The maximum Gasteiger partial charge on any atom is 0.276 e. The molecule has 2 amide bonds. The molecule has 0 radical (unpaired) electrons. The Kier molecular flexibility index (Phi) is 7.42. The Balaban J connectivity index is 1.18. The highest BCUT2D eigenvalue weighted by atomic mass is 19.1. The number of anilines is 3. The summed E-state index contributed by atoms with van der Waals surface area (Å²) in [5.74, 6) is -1.69. The van der Waals surface area contributed by atoms with Gasteiger partial charge in [-0.25, -0.2) is 22.7 Å². The molecule has 218 valence electrons. The molecule has 2 aliphatic heterocycles. The van der Waals surface area contributed by atoms with Gasteiger partial charge in [0.15, 0.2) is 11.3 Å². The molecule has 2 aromatic heterocycles. The second kappa shape index (κ2) is 11.3. The number of aliphatic hydroxyl groups excluding tert-OH is 1. The average molecular weight is 580 g/mol. The minimum Gasteiger partial charge on any atom is -0.387 e. The first kappa shape index (κ1) is 27.5. The molecular formula is C29H28F3N7O3. The first-order valence-electron chi connectivity index (χ1n) is 13.6. The van der Waals surface area contributed by atoms with Crippen LogP contribution < -0.4 is 15.1 Å². The lowest BCUT2D eigenvalue weighted by molar-refractivity contribution is -0.134. The number of amides is 2. The minimum absolute atomic E-state index is 0.0240. The van der Waals surface area contributed by atoms with Gasteiger partial charge in [-0.2, -0.15) is 0 Å². The zero-order chi connectivity index (χ0) is 29.4. The van der Waals surface area contributed by atoms with E-state index in [2.05, 4.69) is 20.3 Å². The van der Waals surface area contributed by atoms with Gasteiger partial charge < -0.3 is 25.1 Å². The van der Waals surface area contributed by atoms with E-state index in [9.17, 15) is 22.8 Å². The van der Waals surface area contributed by atoms with Crippen molar-refractivity contribution >= 4 is 34.7 Å². The molecule has 0 spiro atoms. The lowest BCUT2D eigenvalue weighted by Crippen LogP contribution is -2.49. The molecule has 2 aliphatic rings. The SMILES string of the molecule is O=C(Nc1ccc(N2CCN(C(=O)CO)CC2)cc1)c1cnc2ccc(N3C[C@@H](F)C[C@@H]3c3cc(F)ccc3F)nn12. The van der Waals surface area contributed by atoms with E-state index in [0.717, 1.165) is 23.9 Å². The van der Waals surface area contributed by atoms with Crippen molar-refractivity contribution in [2.45, 2.75) is 18.6 Å². The van der Waals surface area contributed by atoms with Gasteiger partial charge in [-0.1, -0.05) is 0 Å². The first-order chi connectivity index (χ1) is 20.3. The van der Waals surface area contributed by atoms with Crippen LogP contribution in [-0.2, 0) is 4.79 Å². The molecule has 0 saturated carbocycles. The van der Waals surface area contributed by atoms with Crippen LogP contribution in [0.1, 0.15) is 28.5 Å². The Morgan fingerprint density at radius 3 is 2.50 bits per heavy atom. The van der Waals surface area contributed by atoms with Gasteiger partial charge >= 0.3 is 0 Å². The summed E-state index contributed by atoms with van der Waals surface area (Å²) in [7, 11) is 0. The van der Waals surface area contributed by atoms with Crippen LogP contribution in [0.25, 0.3) is 5.65 Å². The van der Waals surface area contributed by atoms with Crippen LogP contribution in [0.3, 0.4) is 0 Å². The number of alkyl halides is 1. The van der Waals surface area contributed by atoms with Gasteiger partial charge in [0.1, 0.15) is 30.2 Å². The summed E-state index contributed by atoms with van der Waals surface area (Å²) in [4.78, 5) is 34.5. The van der Waals surface area contributed by atoms with Crippen molar-refractivity contribution in [2.24, 2.45) is 0 Å². The van der Waals surface area contributed by atoms with Crippen molar-refractivity contribution < 1.29 is 27.9 Å². The van der Waals surface area contributed by atoms with Crippen LogP contribution >= 0.6 is 0 Å². The number of benzene rings is 2. The summed E-state index contributed by atoms with van der Waals surface area (Å²) in [5, 5.41) is 16.4. The largest absolute Gasteiger partial charge is 0.387 e. The number of halogens is 3. The number of nitrogens with one attached hydrogen (secondary N) is 1. The molecule has 0 unspecified atom stereocenters. The molecule has 13 heteroatoms. The van der Waals surface area contributed by atoms with E-state index in [-0.39, 0.29) is 30.1 Å². The maximum atomic E-state index is 14.6. The standard InChI is InChI=1S/C29H28F3N7O3/c30-18-1-6-23(32)22(13-18)24-14-19(31)16-38(24)27-8-7-26-33-15-25(39(26)35-27)29(42)34-20-2-4-21(5-3-20)36-9-11-37(12-10-36)28(41)17-40/h1-8,13,15,19,24,40H,9-12,14,16-17H2,(H,34,42)/t19-,24+/m0/s1. The summed E-state index contributed by atoms with van der Waals surface area (Å²) in [6.45, 7) is 1.73. The van der Waals surface area contributed by atoms with Gasteiger partial charge in [-0.15, -0.1) is 5.10 Å². The maximum absolute atomic E-state index is 14.6. The van der Waals surface area contributed by atoms with E-state index in [4.69, 9.17) is 5.11 Å². The molecule has 2 aromatic carbocycles. The summed E-state index contributed by atoms with van der Waals surface area (Å²) >= 11 is 0. The van der Waals surface area contributed by atoms with Crippen LogP contribution in [0.4, 0.5) is 30.4 Å². The molecule has 0 bridgehead atoms. The van der Waals surface area contributed by atoms with E-state index < -0.39 is 36.4 Å². The quantitative estimate of drug-likeness (QED) is 0.362. The van der Waals surface area contributed by atoms with E-state index in [0.29, 0.717) is 43.3 Å². The van der Waals surface area contributed by atoms with Gasteiger partial charge in [-0.3, -0.25) is 9.59 Å². The van der Waals surface area contributed by atoms with Crippen LogP contribution in [0.15, 0.2) is 60.8 Å². The van der Waals surface area contributed by atoms with Gasteiger partial charge in [0, 0.05) is 49.5 Å². The van der Waals surface area contributed by atoms with Gasteiger partial charge in [0.25, 0.3) is 5.91 Å². The van der Waals surface area contributed by atoms with E-state index in [1.165, 1.54) is 10.7 Å².